The molecule has 1 N–H and O–H groups in total. The third-order valence-electron chi connectivity index (χ3n) is 4.49. The molecule has 0 aliphatic heterocycles. The molecule has 10 heteroatoms. The molecule has 0 fully saturated rings. The summed E-state index contributed by atoms with van der Waals surface area (Å²) in [5.74, 6) is 1.94. The van der Waals surface area contributed by atoms with Crippen LogP contribution in [0.1, 0.15) is 5.56 Å². The van der Waals surface area contributed by atoms with E-state index in [0.717, 1.165) is 19.2 Å². The molecule has 8 nitrogen and oxygen atoms in total. The zero-order valence-electron chi connectivity index (χ0n) is 16.1. The van der Waals surface area contributed by atoms with Gasteiger partial charge in [0, 0.05) is 24.2 Å². The average molecular weight is 535 g/mol. The molecule has 1 aromatic carbocycles. The fourth-order valence-corrected chi connectivity index (χ4v) is 3.98. The van der Waals surface area contributed by atoms with E-state index >= 15 is 0 Å². The molecule has 4 rings (SSSR count). The van der Waals surface area contributed by atoms with Crippen LogP contribution in [0.15, 0.2) is 57.9 Å². The lowest BCUT2D eigenvalue weighted by atomic mass is 10.1. The van der Waals surface area contributed by atoms with Crippen molar-refractivity contribution in [3.63, 3.8) is 0 Å². The number of benzene rings is 1. The van der Waals surface area contributed by atoms with E-state index in [9.17, 15) is 5.21 Å². The monoisotopic (exact) mass is 533 g/mol. The Morgan fingerprint density at radius 1 is 1.17 bits per heavy atom. The maximum atomic E-state index is 11.6. The van der Waals surface area contributed by atoms with E-state index in [-0.39, 0.29) is 0 Å². The normalized spacial score (nSPS) is 10.9. The Morgan fingerprint density at radius 2 is 2.00 bits per heavy atom. The van der Waals surface area contributed by atoms with Crippen LogP contribution in [-0.4, -0.2) is 28.8 Å². The zero-order chi connectivity index (χ0) is 21.3. The number of fused-ring (bicyclic) bond motifs is 1. The van der Waals surface area contributed by atoms with Crippen molar-refractivity contribution in [1.82, 2.24) is 14.6 Å². The van der Waals surface area contributed by atoms with Crippen LogP contribution in [0.5, 0.6) is 11.5 Å². The molecule has 0 radical (unpaired) electrons. The smallest absolute Gasteiger partial charge is 0.185 e. The van der Waals surface area contributed by atoms with E-state index in [1.807, 2.05) is 24.3 Å². The highest BCUT2D eigenvalue weighted by Crippen LogP contribution is 2.43. The van der Waals surface area contributed by atoms with Crippen molar-refractivity contribution in [3.05, 3.63) is 68.6 Å². The predicted molar refractivity (Wildman–Crippen MR) is 120 cm³/mol. The number of hydrogen-bond donors (Lipinski definition) is 1. The van der Waals surface area contributed by atoms with Gasteiger partial charge in [-0.3, -0.25) is 0 Å². The second kappa shape index (κ2) is 8.49. The highest BCUT2D eigenvalue weighted by Gasteiger charge is 2.20. The van der Waals surface area contributed by atoms with Gasteiger partial charge in [0.05, 0.1) is 40.6 Å². The molecule has 0 bridgehead atoms. The van der Waals surface area contributed by atoms with Crippen LogP contribution in [0.2, 0.25) is 0 Å². The third-order valence-corrected chi connectivity index (χ3v) is 5.67. The van der Waals surface area contributed by atoms with Gasteiger partial charge in [0.1, 0.15) is 17.3 Å². The number of nitrogens with zero attached hydrogens (tertiary/aromatic N) is 4. The molecule has 0 spiro atoms. The van der Waals surface area contributed by atoms with Gasteiger partial charge < -0.3 is 20.0 Å². The maximum Gasteiger partial charge on any atom is 0.185 e. The van der Waals surface area contributed by atoms with E-state index in [1.54, 1.807) is 31.0 Å². The predicted octanol–water partition coefficient (Wildman–Crippen LogP) is 4.18. The summed E-state index contributed by atoms with van der Waals surface area (Å²) >= 11 is 7.04. The molecule has 0 aliphatic carbocycles. The first-order valence-corrected chi connectivity index (χ1v) is 10.5. The van der Waals surface area contributed by atoms with E-state index in [0.29, 0.717) is 40.8 Å². The minimum atomic E-state index is 0.436. The van der Waals surface area contributed by atoms with Crippen molar-refractivity contribution in [2.75, 3.05) is 19.5 Å². The fraction of sp³-hybridized carbons (Fsp3) is 0.150. The maximum absolute atomic E-state index is 11.6. The lowest BCUT2D eigenvalue weighted by molar-refractivity contribution is -0.605. The summed E-state index contributed by atoms with van der Waals surface area (Å²) in [6.07, 6.45) is 4.65. The Kier molecular flexibility index (Phi) is 5.78. The van der Waals surface area contributed by atoms with Crippen LogP contribution in [0.4, 0.5) is 5.82 Å². The lowest BCUT2D eigenvalue weighted by Gasteiger charge is -2.16. The number of pyridine rings is 1. The number of aromatic nitrogens is 4. The molecule has 0 aliphatic rings. The topological polar surface area (TPSA) is 87.6 Å². The molecular formula is C20H17Br2N5O3. The standard InChI is InChI=1S/C20H17Br2N5O3/c1-29-16-6-5-13(21)19(30-2)18(16)15-8-17(27-20(25-15)14(22)10-24-27)23-9-12-4-3-7-26(28)11-12/h3-8,10-11,23H,9H2,1-2H3. The molecule has 0 saturated heterocycles. The van der Waals surface area contributed by atoms with E-state index < -0.39 is 0 Å². The quantitative estimate of drug-likeness (QED) is 0.295. The molecule has 0 saturated carbocycles. The molecule has 0 atom stereocenters. The van der Waals surface area contributed by atoms with Gasteiger partial charge >= 0.3 is 0 Å². The number of anilines is 1. The Hall–Kier alpha value is -2.85. The zero-order valence-corrected chi connectivity index (χ0v) is 19.3. The summed E-state index contributed by atoms with van der Waals surface area (Å²) in [6.45, 7) is 0.436. The van der Waals surface area contributed by atoms with Crippen molar-refractivity contribution in [2.24, 2.45) is 0 Å². The average Bonchev–Trinajstić information content (AvgIpc) is 3.12. The van der Waals surface area contributed by atoms with Gasteiger partial charge in [0.2, 0.25) is 0 Å². The van der Waals surface area contributed by atoms with Gasteiger partial charge in [-0.1, -0.05) is 0 Å². The molecule has 0 unspecified atom stereocenters. The Labute approximate surface area is 189 Å². The first-order valence-electron chi connectivity index (χ1n) is 8.88. The van der Waals surface area contributed by atoms with Crippen molar-refractivity contribution >= 4 is 43.3 Å². The minimum absolute atomic E-state index is 0.436. The first-order chi connectivity index (χ1) is 14.5. The number of ether oxygens (including phenoxy) is 2. The van der Waals surface area contributed by atoms with Crippen molar-refractivity contribution < 1.29 is 14.2 Å². The van der Waals surface area contributed by atoms with Crippen LogP contribution in [-0.2, 0) is 6.54 Å². The summed E-state index contributed by atoms with van der Waals surface area (Å²) in [7, 11) is 3.20. The summed E-state index contributed by atoms with van der Waals surface area (Å²) < 4.78 is 15.2. The molecule has 30 heavy (non-hydrogen) atoms. The molecule has 154 valence electrons. The van der Waals surface area contributed by atoms with Crippen molar-refractivity contribution in [2.45, 2.75) is 6.54 Å². The number of hydrogen-bond acceptors (Lipinski definition) is 6. The second-order valence-corrected chi connectivity index (χ2v) is 8.05. The Balaban J connectivity index is 1.85. The van der Waals surface area contributed by atoms with Crippen LogP contribution in [0.25, 0.3) is 16.9 Å². The van der Waals surface area contributed by atoms with Gasteiger partial charge in [-0.25, -0.2) is 4.98 Å². The summed E-state index contributed by atoms with van der Waals surface area (Å²) in [5.41, 5.74) is 2.83. The fourth-order valence-electron chi connectivity index (χ4n) is 3.14. The van der Waals surface area contributed by atoms with Crippen molar-refractivity contribution in [1.29, 1.82) is 0 Å². The van der Waals surface area contributed by atoms with Gasteiger partial charge in [-0.2, -0.15) is 14.3 Å². The largest absolute Gasteiger partial charge is 0.619 e. The van der Waals surface area contributed by atoms with Gasteiger partial charge in [-0.05, 0) is 50.1 Å². The Bertz CT molecular complexity index is 1230. The summed E-state index contributed by atoms with van der Waals surface area (Å²) in [4.78, 5) is 4.77. The number of halogens is 2. The highest BCUT2D eigenvalue weighted by molar-refractivity contribution is 9.11. The van der Waals surface area contributed by atoms with Crippen molar-refractivity contribution in [3.8, 4) is 22.8 Å². The van der Waals surface area contributed by atoms with Gasteiger partial charge in [0.15, 0.2) is 18.0 Å². The van der Waals surface area contributed by atoms with E-state index in [4.69, 9.17) is 14.5 Å². The molecule has 0 amide bonds. The molecule has 3 heterocycles. The van der Waals surface area contributed by atoms with E-state index in [2.05, 4.69) is 42.3 Å². The minimum Gasteiger partial charge on any atom is -0.619 e. The highest BCUT2D eigenvalue weighted by atomic mass is 79.9. The number of methoxy groups -OCH3 is 2. The summed E-state index contributed by atoms with van der Waals surface area (Å²) in [6, 6.07) is 9.16. The number of rotatable bonds is 6. The van der Waals surface area contributed by atoms with Crippen LogP contribution in [0, 0.1) is 5.21 Å². The third kappa shape index (κ3) is 3.80. The summed E-state index contributed by atoms with van der Waals surface area (Å²) in [5, 5.41) is 19.3. The van der Waals surface area contributed by atoms with Crippen LogP contribution in [0.3, 0.4) is 0 Å². The van der Waals surface area contributed by atoms with Gasteiger partial charge in [0.25, 0.3) is 0 Å². The Morgan fingerprint density at radius 3 is 2.73 bits per heavy atom. The van der Waals surface area contributed by atoms with Crippen LogP contribution < -0.4 is 19.5 Å². The lowest BCUT2D eigenvalue weighted by Crippen LogP contribution is -2.25. The van der Waals surface area contributed by atoms with Crippen LogP contribution >= 0.6 is 31.9 Å². The molecule has 4 aromatic rings. The first kappa shape index (κ1) is 20.4. The molecule has 3 aromatic heterocycles. The van der Waals surface area contributed by atoms with E-state index in [1.165, 1.54) is 12.4 Å². The second-order valence-electron chi connectivity index (χ2n) is 6.34. The molecular weight excluding hydrogens is 518 g/mol. The number of nitrogens with one attached hydrogen (secondary N) is 1. The SMILES string of the molecule is COc1ccc(Br)c(OC)c1-c1cc(NCc2ccc[n+]([O-])c2)n2ncc(Br)c2n1. The van der Waals surface area contributed by atoms with Gasteiger partial charge in [-0.15, -0.1) is 0 Å².